The van der Waals surface area contributed by atoms with Crippen LogP contribution in [-0.2, 0) is 21.2 Å². The molecule has 3 rings (SSSR count). The summed E-state index contributed by atoms with van der Waals surface area (Å²) in [5.74, 6) is -0.649. The van der Waals surface area contributed by atoms with Crippen molar-refractivity contribution in [3.63, 3.8) is 0 Å². The summed E-state index contributed by atoms with van der Waals surface area (Å²) in [5.41, 5.74) is 2.56. The van der Waals surface area contributed by atoms with E-state index in [4.69, 9.17) is 0 Å². The molecule has 5 nitrogen and oxygen atoms in total. The average Bonchev–Trinajstić information content (AvgIpc) is 2.92. The summed E-state index contributed by atoms with van der Waals surface area (Å²) in [5, 5.41) is 0. The zero-order valence-electron chi connectivity index (χ0n) is 13.3. The van der Waals surface area contributed by atoms with Crippen molar-refractivity contribution in [3.05, 3.63) is 53.3 Å². The first-order chi connectivity index (χ1) is 11.3. The molecule has 0 saturated carbocycles. The lowest BCUT2D eigenvalue weighted by Crippen LogP contribution is -2.25. The molecule has 0 spiro atoms. The van der Waals surface area contributed by atoms with Crippen molar-refractivity contribution in [3.8, 4) is 0 Å². The zero-order valence-corrected chi connectivity index (χ0v) is 14.2. The number of anilines is 2. The van der Waals surface area contributed by atoms with Gasteiger partial charge in [-0.25, -0.2) is 12.8 Å². The molecule has 0 atom stereocenters. The third kappa shape index (κ3) is 2.99. The van der Waals surface area contributed by atoms with Gasteiger partial charge >= 0.3 is 0 Å². The van der Waals surface area contributed by atoms with Gasteiger partial charge in [-0.3, -0.25) is 9.52 Å². The highest BCUT2D eigenvalue weighted by Gasteiger charge is 2.23. The summed E-state index contributed by atoms with van der Waals surface area (Å²) < 4.78 is 40.9. The van der Waals surface area contributed by atoms with Crippen LogP contribution in [0.25, 0.3) is 0 Å². The van der Waals surface area contributed by atoms with Crippen molar-refractivity contribution in [2.45, 2.75) is 25.2 Å². The second-order valence-electron chi connectivity index (χ2n) is 5.78. The minimum Gasteiger partial charge on any atom is -0.312 e. The van der Waals surface area contributed by atoms with E-state index in [1.54, 1.807) is 30.0 Å². The van der Waals surface area contributed by atoms with E-state index in [1.807, 2.05) is 0 Å². The van der Waals surface area contributed by atoms with E-state index in [-0.39, 0.29) is 10.8 Å². The molecule has 0 unspecified atom stereocenters. The first-order valence-corrected chi connectivity index (χ1v) is 8.96. The summed E-state index contributed by atoms with van der Waals surface area (Å²) in [6.45, 7) is 3.70. The zero-order chi connectivity index (χ0) is 17.5. The van der Waals surface area contributed by atoms with Crippen LogP contribution in [0, 0.1) is 12.7 Å². The number of halogens is 1. The minimum absolute atomic E-state index is 0.0440. The number of hydrogen-bond acceptors (Lipinski definition) is 3. The standard InChI is InChI=1S/C17H17FN2O3S/c1-11-3-4-14(18)10-17(11)24(22,23)19-15-5-6-16-13(9-15)7-8-20(16)12(2)21/h3-6,9-10,19H,7-8H2,1-2H3. The molecule has 1 heterocycles. The maximum Gasteiger partial charge on any atom is 0.262 e. The fourth-order valence-corrected chi connectivity index (χ4v) is 4.17. The summed E-state index contributed by atoms with van der Waals surface area (Å²) in [7, 11) is -3.88. The molecule has 1 amide bonds. The van der Waals surface area contributed by atoms with E-state index in [0.717, 1.165) is 17.3 Å². The van der Waals surface area contributed by atoms with Crippen molar-refractivity contribution in [2.75, 3.05) is 16.2 Å². The fraction of sp³-hybridized carbons (Fsp3) is 0.235. The van der Waals surface area contributed by atoms with E-state index in [1.165, 1.54) is 19.1 Å². The summed E-state index contributed by atoms with van der Waals surface area (Å²) in [4.78, 5) is 13.1. The first kappa shape index (κ1) is 16.4. The van der Waals surface area contributed by atoms with Gasteiger partial charge in [0.05, 0.1) is 4.90 Å². The number of fused-ring (bicyclic) bond motifs is 1. The normalized spacial score (nSPS) is 13.7. The van der Waals surface area contributed by atoms with Crippen LogP contribution in [0.3, 0.4) is 0 Å². The van der Waals surface area contributed by atoms with Gasteiger partial charge < -0.3 is 4.90 Å². The average molecular weight is 348 g/mol. The molecule has 0 radical (unpaired) electrons. The molecule has 24 heavy (non-hydrogen) atoms. The van der Waals surface area contributed by atoms with Crippen molar-refractivity contribution < 1.29 is 17.6 Å². The molecule has 0 fully saturated rings. The van der Waals surface area contributed by atoms with Crippen LogP contribution in [0.15, 0.2) is 41.3 Å². The molecule has 1 aliphatic heterocycles. The Hall–Kier alpha value is -2.41. The molecular formula is C17H17FN2O3S. The van der Waals surface area contributed by atoms with Crippen molar-refractivity contribution >= 4 is 27.3 Å². The van der Waals surface area contributed by atoms with Gasteiger partial charge in [-0.05, 0) is 54.8 Å². The highest BCUT2D eigenvalue weighted by Crippen LogP contribution is 2.31. The summed E-state index contributed by atoms with van der Waals surface area (Å²) in [6, 6.07) is 8.69. The van der Waals surface area contributed by atoms with Gasteiger partial charge in [0.1, 0.15) is 5.82 Å². The van der Waals surface area contributed by atoms with Crippen LogP contribution in [-0.4, -0.2) is 20.9 Å². The minimum atomic E-state index is -3.88. The Bertz CT molecular complexity index is 925. The molecule has 0 bridgehead atoms. The Morgan fingerprint density at radius 2 is 1.96 bits per heavy atom. The Kier molecular flexibility index (Phi) is 4.04. The molecule has 2 aromatic carbocycles. The third-order valence-corrected chi connectivity index (χ3v) is 5.57. The number of rotatable bonds is 3. The van der Waals surface area contributed by atoms with Crippen LogP contribution in [0.4, 0.5) is 15.8 Å². The number of nitrogens with one attached hydrogen (secondary N) is 1. The third-order valence-electron chi connectivity index (χ3n) is 4.05. The molecule has 7 heteroatoms. The Morgan fingerprint density at radius 1 is 1.21 bits per heavy atom. The second-order valence-corrected chi connectivity index (χ2v) is 7.43. The predicted molar refractivity (Wildman–Crippen MR) is 90.1 cm³/mol. The molecule has 126 valence electrons. The highest BCUT2D eigenvalue weighted by atomic mass is 32.2. The van der Waals surface area contributed by atoms with Crippen LogP contribution in [0.2, 0.25) is 0 Å². The van der Waals surface area contributed by atoms with Gasteiger partial charge in [-0.15, -0.1) is 0 Å². The first-order valence-electron chi connectivity index (χ1n) is 7.48. The van der Waals surface area contributed by atoms with Gasteiger partial charge in [-0.2, -0.15) is 0 Å². The molecule has 0 aromatic heterocycles. The summed E-state index contributed by atoms with van der Waals surface area (Å²) >= 11 is 0. The molecular weight excluding hydrogens is 331 g/mol. The number of amides is 1. The molecule has 1 N–H and O–H groups in total. The number of benzene rings is 2. The molecule has 0 saturated heterocycles. The number of nitrogens with zero attached hydrogens (tertiary/aromatic N) is 1. The Morgan fingerprint density at radius 3 is 2.67 bits per heavy atom. The largest absolute Gasteiger partial charge is 0.312 e. The SMILES string of the molecule is CC(=O)N1CCc2cc(NS(=O)(=O)c3cc(F)ccc3C)ccc21. The molecule has 2 aromatic rings. The molecule has 0 aliphatic carbocycles. The van der Waals surface area contributed by atoms with E-state index in [2.05, 4.69) is 4.72 Å². The van der Waals surface area contributed by atoms with Gasteiger partial charge in [-0.1, -0.05) is 6.07 Å². The number of sulfonamides is 1. The van der Waals surface area contributed by atoms with Crippen LogP contribution in [0.1, 0.15) is 18.1 Å². The van der Waals surface area contributed by atoms with E-state index >= 15 is 0 Å². The van der Waals surface area contributed by atoms with Gasteiger partial charge in [0.2, 0.25) is 5.91 Å². The maximum atomic E-state index is 13.4. The van der Waals surface area contributed by atoms with E-state index in [0.29, 0.717) is 24.2 Å². The topological polar surface area (TPSA) is 66.5 Å². The number of hydrogen-bond donors (Lipinski definition) is 1. The van der Waals surface area contributed by atoms with Gasteiger partial charge in [0.15, 0.2) is 0 Å². The smallest absolute Gasteiger partial charge is 0.262 e. The van der Waals surface area contributed by atoms with Crippen LogP contribution >= 0.6 is 0 Å². The fourth-order valence-electron chi connectivity index (χ4n) is 2.87. The van der Waals surface area contributed by atoms with Crippen molar-refractivity contribution in [2.24, 2.45) is 0 Å². The number of aryl methyl sites for hydroxylation is 1. The molecule has 1 aliphatic rings. The quantitative estimate of drug-likeness (QED) is 0.927. The lowest BCUT2D eigenvalue weighted by atomic mass is 10.1. The Labute approximate surface area is 140 Å². The van der Waals surface area contributed by atoms with Crippen molar-refractivity contribution in [1.29, 1.82) is 0 Å². The van der Waals surface area contributed by atoms with Crippen LogP contribution < -0.4 is 9.62 Å². The maximum absolute atomic E-state index is 13.4. The van der Waals surface area contributed by atoms with E-state index in [9.17, 15) is 17.6 Å². The van der Waals surface area contributed by atoms with Gasteiger partial charge in [0.25, 0.3) is 10.0 Å². The predicted octanol–water partition coefficient (Wildman–Crippen LogP) is 2.84. The number of carbonyl (C=O) groups excluding carboxylic acids is 1. The lowest BCUT2D eigenvalue weighted by molar-refractivity contribution is -0.116. The Balaban J connectivity index is 1.92. The van der Waals surface area contributed by atoms with Crippen molar-refractivity contribution in [1.82, 2.24) is 0 Å². The van der Waals surface area contributed by atoms with Gasteiger partial charge in [0, 0.05) is 24.8 Å². The van der Waals surface area contributed by atoms with E-state index < -0.39 is 15.8 Å². The second kappa shape index (κ2) is 5.90. The van der Waals surface area contributed by atoms with Crippen LogP contribution in [0.5, 0.6) is 0 Å². The lowest BCUT2D eigenvalue weighted by Gasteiger charge is -2.15. The highest BCUT2D eigenvalue weighted by molar-refractivity contribution is 7.92. The summed E-state index contributed by atoms with van der Waals surface area (Å²) in [6.07, 6.45) is 0.670. The monoisotopic (exact) mass is 348 g/mol. The number of carbonyl (C=O) groups is 1.